The van der Waals surface area contributed by atoms with Crippen LogP contribution < -0.4 is 5.32 Å². The van der Waals surface area contributed by atoms with Crippen molar-refractivity contribution < 1.29 is 13.9 Å². The van der Waals surface area contributed by atoms with Crippen LogP contribution >= 0.6 is 22.9 Å². The molecule has 1 saturated heterocycles. The third kappa shape index (κ3) is 6.28. The van der Waals surface area contributed by atoms with Crippen LogP contribution in [-0.4, -0.2) is 30.1 Å². The highest BCUT2D eigenvalue weighted by molar-refractivity contribution is 7.11. The number of carbonyl (C=O) groups is 1. The van der Waals surface area contributed by atoms with Gasteiger partial charge in [0.25, 0.3) is 6.47 Å². The Morgan fingerprint density at radius 3 is 2.52 bits per heavy atom. The molecule has 1 aliphatic rings. The minimum atomic E-state index is -1.22. The smallest absolute Gasteiger partial charge is 0.293 e. The number of hydrogen-bond donors (Lipinski definition) is 1. The van der Waals surface area contributed by atoms with Crippen molar-refractivity contribution >= 4 is 29.4 Å². The van der Waals surface area contributed by atoms with Crippen molar-refractivity contribution in [2.24, 2.45) is 0 Å². The molecule has 1 aromatic rings. The summed E-state index contributed by atoms with van der Waals surface area (Å²) in [5.41, 5.74) is -1.54. The van der Waals surface area contributed by atoms with Crippen LogP contribution in [0, 0.1) is 0 Å². The molecule has 1 aromatic heterocycles. The number of ether oxygens (including phenoxy) is 1. The van der Waals surface area contributed by atoms with Crippen LogP contribution in [0.5, 0.6) is 0 Å². The fraction of sp³-hybridized carbons (Fsp3) is 0.714. The van der Waals surface area contributed by atoms with E-state index in [-0.39, 0.29) is 5.60 Å². The minimum Gasteiger partial charge on any atom is -0.462 e. The second-order valence-corrected chi connectivity index (χ2v) is 7.19. The molecule has 2 heterocycles. The lowest BCUT2D eigenvalue weighted by Crippen LogP contribution is -2.36. The number of nitrogens with zero attached hydrogens (tertiary/aromatic N) is 1. The molecule has 0 spiro atoms. The van der Waals surface area contributed by atoms with Gasteiger partial charge in [0.05, 0.1) is 5.88 Å². The summed E-state index contributed by atoms with van der Waals surface area (Å²) < 4.78 is 18.9. The van der Waals surface area contributed by atoms with Crippen molar-refractivity contribution in [2.45, 2.75) is 50.8 Å². The Morgan fingerprint density at radius 2 is 2.14 bits per heavy atom. The molecule has 7 heteroatoms. The molecule has 4 nitrogen and oxygen atoms in total. The van der Waals surface area contributed by atoms with Crippen LogP contribution in [0.4, 0.5) is 4.39 Å². The van der Waals surface area contributed by atoms with Crippen LogP contribution in [0.1, 0.15) is 43.5 Å². The zero-order chi connectivity index (χ0) is 15.9. The fourth-order valence-electron chi connectivity index (χ4n) is 1.76. The Balaban J connectivity index is 0.000000270. The first-order chi connectivity index (χ1) is 9.80. The van der Waals surface area contributed by atoms with Gasteiger partial charge in [-0.1, -0.05) is 0 Å². The monoisotopic (exact) mass is 336 g/mol. The van der Waals surface area contributed by atoms with Crippen molar-refractivity contribution in [3.05, 3.63) is 16.1 Å². The van der Waals surface area contributed by atoms with Crippen molar-refractivity contribution in [3.8, 4) is 0 Å². The van der Waals surface area contributed by atoms with Gasteiger partial charge in [0.1, 0.15) is 10.6 Å². The molecule has 0 bridgehead atoms. The molecule has 1 aliphatic heterocycles. The average Bonchev–Trinajstić information content (AvgIpc) is 2.88. The molecular formula is C14H22ClFN2O2S. The molecule has 2 rings (SSSR count). The molecule has 0 atom stereocenters. The predicted molar refractivity (Wildman–Crippen MR) is 83.5 cm³/mol. The molecule has 0 radical (unpaired) electrons. The standard InChI is InChI=1S/C9H12ClFN2S.C5H10O2/c10-5-7-6-13-8(14-7)9(11)1-3-12-4-2-9;1-5(2,3)7-4-6/h6,12H,1-5H2;4H,1-3H3. The van der Waals surface area contributed by atoms with Crippen LogP contribution in [-0.2, 0) is 21.1 Å². The fourth-order valence-corrected chi connectivity index (χ4v) is 2.89. The third-order valence-electron chi connectivity index (χ3n) is 2.87. The van der Waals surface area contributed by atoms with E-state index in [1.807, 2.05) is 20.8 Å². The van der Waals surface area contributed by atoms with Crippen molar-refractivity contribution in [1.82, 2.24) is 10.3 Å². The van der Waals surface area contributed by atoms with Gasteiger partial charge in [0.15, 0.2) is 5.67 Å². The van der Waals surface area contributed by atoms with Crippen LogP contribution in [0.25, 0.3) is 0 Å². The quantitative estimate of drug-likeness (QED) is 0.679. The molecule has 0 unspecified atom stereocenters. The van der Waals surface area contributed by atoms with E-state index in [9.17, 15) is 9.18 Å². The van der Waals surface area contributed by atoms with Gasteiger partial charge in [0, 0.05) is 23.9 Å². The summed E-state index contributed by atoms with van der Waals surface area (Å²) in [7, 11) is 0. The Hall–Kier alpha value is -0.720. The van der Waals surface area contributed by atoms with Gasteiger partial charge in [-0.15, -0.1) is 22.9 Å². The summed E-state index contributed by atoms with van der Waals surface area (Å²) in [5, 5.41) is 3.73. The maximum atomic E-state index is 14.3. The number of piperidine rings is 1. The van der Waals surface area contributed by atoms with Crippen LogP contribution in [0.15, 0.2) is 6.20 Å². The van der Waals surface area contributed by atoms with E-state index in [0.717, 1.165) is 18.0 Å². The van der Waals surface area contributed by atoms with Gasteiger partial charge in [0.2, 0.25) is 0 Å². The molecule has 0 amide bonds. The van der Waals surface area contributed by atoms with Gasteiger partial charge < -0.3 is 10.1 Å². The molecule has 1 fully saturated rings. The predicted octanol–water partition coefficient (Wildman–Crippen LogP) is 3.39. The van der Waals surface area contributed by atoms with E-state index in [1.165, 1.54) is 11.3 Å². The Bertz CT molecular complexity index is 442. The minimum absolute atomic E-state index is 0.318. The highest BCUT2D eigenvalue weighted by Crippen LogP contribution is 2.37. The van der Waals surface area contributed by atoms with Crippen molar-refractivity contribution in [3.63, 3.8) is 0 Å². The lowest BCUT2D eigenvalue weighted by atomic mass is 9.95. The van der Waals surface area contributed by atoms with E-state index >= 15 is 0 Å². The first kappa shape index (κ1) is 18.3. The second-order valence-electron chi connectivity index (χ2n) is 5.81. The number of hydrogen-bond acceptors (Lipinski definition) is 5. The van der Waals surface area contributed by atoms with Crippen LogP contribution in [0.3, 0.4) is 0 Å². The number of aromatic nitrogens is 1. The van der Waals surface area contributed by atoms with E-state index in [2.05, 4.69) is 15.0 Å². The lowest BCUT2D eigenvalue weighted by molar-refractivity contribution is -0.138. The number of nitrogens with one attached hydrogen (secondary N) is 1. The largest absolute Gasteiger partial charge is 0.462 e. The molecular weight excluding hydrogens is 315 g/mol. The zero-order valence-electron chi connectivity index (χ0n) is 12.6. The summed E-state index contributed by atoms with van der Waals surface area (Å²) in [5.74, 6) is 0.423. The van der Waals surface area contributed by atoms with Crippen LogP contribution in [0.2, 0.25) is 0 Å². The molecule has 0 aromatic carbocycles. The number of thiazole rings is 1. The van der Waals surface area contributed by atoms with Gasteiger partial charge in [-0.2, -0.15) is 0 Å². The van der Waals surface area contributed by atoms with Gasteiger partial charge in [-0.05, 0) is 33.9 Å². The molecule has 1 N–H and O–H groups in total. The lowest BCUT2D eigenvalue weighted by Gasteiger charge is -2.27. The first-order valence-electron chi connectivity index (χ1n) is 6.83. The summed E-state index contributed by atoms with van der Waals surface area (Å²) in [6.07, 6.45) is 2.71. The van der Waals surface area contributed by atoms with E-state index in [4.69, 9.17) is 11.6 Å². The number of carbonyl (C=O) groups excluding carboxylic acids is 1. The summed E-state index contributed by atoms with van der Waals surface area (Å²) in [4.78, 5) is 14.7. The Kier molecular flexibility index (Phi) is 7.03. The molecule has 0 aliphatic carbocycles. The SMILES string of the molecule is CC(C)(C)OC=O.FC1(c2ncc(CCl)s2)CCNCC1. The number of halogens is 2. The summed E-state index contributed by atoms with van der Waals surface area (Å²) in [6, 6.07) is 0. The van der Waals surface area contributed by atoms with E-state index < -0.39 is 5.67 Å². The second kappa shape index (κ2) is 8.06. The summed E-state index contributed by atoms with van der Waals surface area (Å²) in [6.45, 7) is 7.38. The number of rotatable bonds is 3. The van der Waals surface area contributed by atoms with Crippen molar-refractivity contribution in [1.29, 1.82) is 0 Å². The van der Waals surface area contributed by atoms with Gasteiger partial charge >= 0.3 is 0 Å². The molecule has 0 saturated carbocycles. The summed E-state index contributed by atoms with van der Waals surface area (Å²) >= 11 is 7.05. The normalized spacial score (nSPS) is 17.6. The number of alkyl halides is 2. The first-order valence-corrected chi connectivity index (χ1v) is 8.18. The van der Waals surface area contributed by atoms with Gasteiger partial charge in [-0.25, -0.2) is 9.37 Å². The molecule has 120 valence electrons. The van der Waals surface area contributed by atoms with E-state index in [1.54, 1.807) is 6.20 Å². The van der Waals surface area contributed by atoms with E-state index in [0.29, 0.717) is 30.2 Å². The highest BCUT2D eigenvalue weighted by atomic mass is 35.5. The Morgan fingerprint density at radius 1 is 1.52 bits per heavy atom. The van der Waals surface area contributed by atoms with Crippen molar-refractivity contribution in [2.75, 3.05) is 13.1 Å². The zero-order valence-corrected chi connectivity index (χ0v) is 14.2. The third-order valence-corrected chi connectivity index (χ3v) is 4.49. The average molecular weight is 337 g/mol. The molecule has 21 heavy (non-hydrogen) atoms. The maximum absolute atomic E-state index is 14.3. The topological polar surface area (TPSA) is 51.2 Å². The Labute approximate surface area is 134 Å². The highest BCUT2D eigenvalue weighted by Gasteiger charge is 2.36. The maximum Gasteiger partial charge on any atom is 0.293 e. The van der Waals surface area contributed by atoms with Gasteiger partial charge in [-0.3, -0.25) is 4.79 Å².